The normalized spacial score (nSPS) is 12.5. The van der Waals surface area contributed by atoms with Crippen molar-refractivity contribution in [3.05, 3.63) is 29.8 Å². The van der Waals surface area contributed by atoms with E-state index in [4.69, 9.17) is 5.11 Å². The molecule has 132 valence electrons. The van der Waals surface area contributed by atoms with Crippen LogP contribution in [0.25, 0.3) is 0 Å². The maximum atomic E-state index is 12.4. The van der Waals surface area contributed by atoms with Crippen LogP contribution in [0.2, 0.25) is 0 Å². The van der Waals surface area contributed by atoms with Crippen molar-refractivity contribution < 1.29 is 18.6 Å². The van der Waals surface area contributed by atoms with Gasteiger partial charge < -0.3 is 20.5 Å². The molecule has 1 unspecified atom stereocenters. The first-order valence-electron chi connectivity index (χ1n) is 7.22. The standard InChI is InChI=1S/C15H23F2N3O2.HI/c1-3-18-15(19-8-11(2)10-21)20-9-12-6-4-5-7-13(12)22-14(16)17;/h4-7,11,14,21H,3,8-10H2,1-2H3,(H2,18,19,20);1H. The topological polar surface area (TPSA) is 65.9 Å². The van der Waals surface area contributed by atoms with Gasteiger partial charge in [0.1, 0.15) is 5.75 Å². The number of para-hydroxylation sites is 1. The number of guanidine groups is 1. The summed E-state index contributed by atoms with van der Waals surface area (Å²) < 4.78 is 29.2. The zero-order chi connectivity index (χ0) is 16.4. The Bertz CT molecular complexity index is 476. The zero-order valence-corrected chi connectivity index (χ0v) is 15.6. The minimum Gasteiger partial charge on any atom is -0.434 e. The number of ether oxygens (including phenoxy) is 1. The smallest absolute Gasteiger partial charge is 0.387 e. The highest BCUT2D eigenvalue weighted by Gasteiger charge is 2.09. The van der Waals surface area contributed by atoms with Gasteiger partial charge in [-0.3, -0.25) is 0 Å². The predicted molar refractivity (Wildman–Crippen MR) is 97.6 cm³/mol. The molecule has 0 aromatic heterocycles. The molecule has 0 saturated heterocycles. The van der Waals surface area contributed by atoms with Crippen molar-refractivity contribution in [1.29, 1.82) is 0 Å². The molecule has 0 bridgehead atoms. The molecule has 0 amide bonds. The first kappa shape index (κ1) is 21.8. The highest BCUT2D eigenvalue weighted by Crippen LogP contribution is 2.20. The summed E-state index contributed by atoms with van der Waals surface area (Å²) in [7, 11) is 0. The number of hydrogen-bond acceptors (Lipinski definition) is 3. The number of benzene rings is 1. The SMILES string of the molecule is CCNC(=NCc1ccccc1OC(F)F)NCC(C)CO.I. The molecule has 0 fully saturated rings. The van der Waals surface area contributed by atoms with Crippen molar-refractivity contribution in [2.45, 2.75) is 27.0 Å². The Morgan fingerprint density at radius 3 is 2.61 bits per heavy atom. The third-order valence-electron chi connectivity index (χ3n) is 2.87. The zero-order valence-electron chi connectivity index (χ0n) is 13.3. The van der Waals surface area contributed by atoms with E-state index in [-0.39, 0.29) is 48.8 Å². The van der Waals surface area contributed by atoms with Crippen molar-refractivity contribution in [1.82, 2.24) is 10.6 Å². The Balaban J connectivity index is 0.00000484. The van der Waals surface area contributed by atoms with Crippen LogP contribution in [0.15, 0.2) is 29.3 Å². The number of aliphatic hydroxyl groups is 1. The average molecular weight is 443 g/mol. The third kappa shape index (κ3) is 8.89. The molecule has 23 heavy (non-hydrogen) atoms. The van der Waals surface area contributed by atoms with Crippen LogP contribution >= 0.6 is 24.0 Å². The van der Waals surface area contributed by atoms with E-state index in [1.807, 2.05) is 13.8 Å². The summed E-state index contributed by atoms with van der Waals surface area (Å²) >= 11 is 0. The minimum absolute atomic E-state index is 0. The molecule has 0 radical (unpaired) electrons. The maximum absolute atomic E-state index is 12.4. The molecule has 3 N–H and O–H groups in total. The van der Waals surface area contributed by atoms with Gasteiger partial charge >= 0.3 is 6.61 Å². The lowest BCUT2D eigenvalue weighted by Gasteiger charge is -2.14. The van der Waals surface area contributed by atoms with Gasteiger partial charge in [0.15, 0.2) is 5.96 Å². The molecule has 0 saturated carbocycles. The van der Waals surface area contributed by atoms with Gasteiger partial charge in [-0.25, -0.2) is 4.99 Å². The summed E-state index contributed by atoms with van der Waals surface area (Å²) in [5.74, 6) is 0.786. The average Bonchev–Trinajstić information content (AvgIpc) is 2.50. The summed E-state index contributed by atoms with van der Waals surface area (Å²) in [4.78, 5) is 4.35. The van der Waals surface area contributed by atoms with E-state index < -0.39 is 6.61 Å². The molecule has 1 atom stereocenters. The fraction of sp³-hybridized carbons (Fsp3) is 0.533. The Hall–Kier alpha value is -1.16. The van der Waals surface area contributed by atoms with Crippen LogP contribution in [0.3, 0.4) is 0 Å². The van der Waals surface area contributed by atoms with E-state index in [0.29, 0.717) is 24.6 Å². The first-order chi connectivity index (χ1) is 10.6. The Morgan fingerprint density at radius 2 is 2.00 bits per heavy atom. The molecule has 0 aliphatic rings. The maximum Gasteiger partial charge on any atom is 0.387 e. The van der Waals surface area contributed by atoms with Crippen LogP contribution in [0.4, 0.5) is 8.78 Å². The van der Waals surface area contributed by atoms with E-state index in [1.165, 1.54) is 6.07 Å². The predicted octanol–water partition coefficient (Wildman–Crippen LogP) is 2.59. The van der Waals surface area contributed by atoms with Gasteiger partial charge in [0, 0.05) is 25.3 Å². The van der Waals surface area contributed by atoms with Crippen LogP contribution in [0.1, 0.15) is 19.4 Å². The number of halogens is 3. The van der Waals surface area contributed by atoms with E-state index in [9.17, 15) is 8.78 Å². The molecular weight excluding hydrogens is 419 g/mol. The van der Waals surface area contributed by atoms with Crippen molar-refractivity contribution in [3.63, 3.8) is 0 Å². The summed E-state index contributed by atoms with van der Waals surface area (Å²) in [5, 5.41) is 15.2. The fourth-order valence-electron chi connectivity index (χ4n) is 1.69. The number of aliphatic imine (C=N–C) groups is 1. The Kier molecular flexibility index (Phi) is 11.7. The summed E-state index contributed by atoms with van der Waals surface area (Å²) in [6.07, 6.45) is 0. The van der Waals surface area contributed by atoms with Crippen LogP contribution in [0, 0.1) is 5.92 Å². The van der Waals surface area contributed by atoms with E-state index in [0.717, 1.165) is 0 Å². The quantitative estimate of drug-likeness (QED) is 0.329. The molecular formula is C15H24F2IN3O2. The number of rotatable bonds is 8. The van der Waals surface area contributed by atoms with Gasteiger partial charge in [-0.05, 0) is 18.9 Å². The van der Waals surface area contributed by atoms with Crippen molar-refractivity contribution >= 4 is 29.9 Å². The lowest BCUT2D eigenvalue weighted by Crippen LogP contribution is -2.39. The molecule has 1 aromatic carbocycles. The van der Waals surface area contributed by atoms with Gasteiger partial charge in [0.05, 0.1) is 6.54 Å². The van der Waals surface area contributed by atoms with Crippen molar-refractivity contribution in [2.75, 3.05) is 19.7 Å². The lowest BCUT2D eigenvalue weighted by atomic mass is 10.2. The summed E-state index contributed by atoms with van der Waals surface area (Å²) in [6.45, 7) is 2.51. The second-order valence-corrected chi connectivity index (χ2v) is 4.85. The fourth-order valence-corrected chi connectivity index (χ4v) is 1.69. The Labute approximate surface area is 152 Å². The number of nitrogens with zero attached hydrogens (tertiary/aromatic N) is 1. The van der Waals surface area contributed by atoms with Crippen LogP contribution < -0.4 is 15.4 Å². The molecule has 0 aliphatic heterocycles. The van der Waals surface area contributed by atoms with Gasteiger partial charge in [-0.1, -0.05) is 25.1 Å². The number of aliphatic hydroxyl groups excluding tert-OH is 1. The van der Waals surface area contributed by atoms with Gasteiger partial charge in [0.25, 0.3) is 0 Å². The first-order valence-corrected chi connectivity index (χ1v) is 7.22. The lowest BCUT2D eigenvalue weighted by molar-refractivity contribution is -0.0504. The van der Waals surface area contributed by atoms with Gasteiger partial charge in [-0.15, -0.1) is 24.0 Å². The molecule has 0 aliphatic carbocycles. The Morgan fingerprint density at radius 1 is 1.30 bits per heavy atom. The molecule has 8 heteroatoms. The second kappa shape index (κ2) is 12.3. The van der Waals surface area contributed by atoms with E-state index >= 15 is 0 Å². The number of alkyl halides is 2. The van der Waals surface area contributed by atoms with Gasteiger partial charge in [0.2, 0.25) is 0 Å². The highest BCUT2D eigenvalue weighted by atomic mass is 127. The number of hydrogen-bond donors (Lipinski definition) is 3. The van der Waals surface area contributed by atoms with Crippen molar-refractivity contribution in [3.8, 4) is 5.75 Å². The van der Waals surface area contributed by atoms with Crippen LogP contribution in [0.5, 0.6) is 5.75 Å². The summed E-state index contributed by atoms with van der Waals surface area (Å²) in [6, 6.07) is 6.57. The monoisotopic (exact) mass is 443 g/mol. The van der Waals surface area contributed by atoms with Crippen LogP contribution in [-0.2, 0) is 6.54 Å². The molecule has 0 heterocycles. The molecule has 1 aromatic rings. The van der Waals surface area contributed by atoms with E-state index in [1.54, 1.807) is 18.2 Å². The molecule has 5 nitrogen and oxygen atoms in total. The molecule has 1 rings (SSSR count). The number of nitrogens with one attached hydrogen (secondary N) is 2. The largest absolute Gasteiger partial charge is 0.434 e. The molecule has 0 spiro atoms. The minimum atomic E-state index is -2.86. The van der Waals surface area contributed by atoms with Crippen molar-refractivity contribution in [2.24, 2.45) is 10.9 Å². The third-order valence-corrected chi connectivity index (χ3v) is 2.87. The van der Waals surface area contributed by atoms with Gasteiger partial charge in [-0.2, -0.15) is 8.78 Å². The summed E-state index contributed by atoms with van der Waals surface area (Å²) in [5.41, 5.74) is 0.579. The van der Waals surface area contributed by atoms with Crippen LogP contribution in [-0.4, -0.2) is 37.4 Å². The van der Waals surface area contributed by atoms with E-state index in [2.05, 4.69) is 20.4 Å². The second-order valence-electron chi connectivity index (χ2n) is 4.85. The highest BCUT2D eigenvalue weighted by molar-refractivity contribution is 14.0.